The molecule has 1 heterocycles. The number of carbonyl (C=O) groups is 2. The summed E-state index contributed by atoms with van der Waals surface area (Å²) in [5, 5.41) is 0.569. The molecule has 0 aliphatic carbocycles. The van der Waals surface area contributed by atoms with Gasteiger partial charge in [-0.25, -0.2) is 0 Å². The van der Waals surface area contributed by atoms with Crippen molar-refractivity contribution in [3.05, 3.63) is 46.7 Å². The predicted octanol–water partition coefficient (Wildman–Crippen LogP) is 2.79. The lowest BCUT2D eigenvalue weighted by molar-refractivity contribution is -0.114. The summed E-state index contributed by atoms with van der Waals surface area (Å²) >= 11 is 5.72. The molecule has 1 aromatic rings. The summed E-state index contributed by atoms with van der Waals surface area (Å²) in [6, 6.07) is 6.52. The second-order valence-electron chi connectivity index (χ2n) is 3.79. The van der Waals surface area contributed by atoms with Crippen LogP contribution in [0.5, 0.6) is 0 Å². The smallest absolute Gasteiger partial charge is 0.170 e. The van der Waals surface area contributed by atoms with E-state index in [1.807, 2.05) is 0 Å². The predicted molar refractivity (Wildman–Crippen MR) is 64.1 cm³/mol. The maximum atomic E-state index is 11.8. The Labute approximate surface area is 104 Å². The highest BCUT2D eigenvalue weighted by atomic mass is 35.5. The maximum Gasteiger partial charge on any atom is 0.170 e. The van der Waals surface area contributed by atoms with E-state index in [1.165, 1.54) is 6.26 Å². The van der Waals surface area contributed by atoms with Gasteiger partial charge in [0.15, 0.2) is 11.6 Å². The third-order valence-electron chi connectivity index (χ3n) is 2.56. The van der Waals surface area contributed by atoms with Gasteiger partial charge in [0.2, 0.25) is 0 Å². The number of Topliss-reactive ketones (excluding diaryl/α,β-unsaturated/α-hetero) is 2. The largest absolute Gasteiger partial charge is 0.500 e. The van der Waals surface area contributed by atoms with Crippen LogP contribution in [0.4, 0.5) is 0 Å². The lowest BCUT2D eigenvalue weighted by atomic mass is 10.0. The van der Waals surface area contributed by atoms with Crippen molar-refractivity contribution in [3.8, 4) is 0 Å². The number of carbonyl (C=O) groups excluding carboxylic acids is 2. The average molecular weight is 251 g/mol. The minimum absolute atomic E-state index is 0.114. The van der Waals surface area contributed by atoms with Gasteiger partial charge < -0.3 is 4.74 Å². The van der Waals surface area contributed by atoms with Gasteiger partial charge in [-0.3, -0.25) is 9.59 Å². The molecule has 0 fully saturated rings. The highest BCUT2D eigenvalue weighted by Gasteiger charge is 2.18. The summed E-state index contributed by atoms with van der Waals surface area (Å²) in [5.74, 6) is -0.359. The first-order chi connectivity index (χ1) is 8.16. The Bertz CT molecular complexity index is 474. The zero-order chi connectivity index (χ0) is 12.3. The van der Waals surface area contributed by atoms with Crippen LogP contribution in [0.3, 0.4) is 0 Å². The quantitative estimate of drug-likeness (QED) is 0.610. The molecule has 0 atom stereocenters. The average Bonchev–Trinajstić information content (AvgIpc) is 2.83. The van der Waals surface area contributed by atoms with Crippen LogP contribution in [-0.2, 0) is 9.53 Å². The number of halogens is 1. The van der Waals surface area contributed by atoms with Crippen molar-refractivity contribution in [1.82, 2.24) is 0 Å². The van der Waals surface area contributed by atoms with Gasteiger partial charge in [-0.15, -0.1) is 0 Å². The van der Waals surface area contributed by atoms with Crippen LogP contribution < -0.4 is 0 Å². The molecule has 17 heavy (non-hydrogen) atoms. The van der Waals surface area contributed by atoms with Crippen LogP contribution in [0.1, 0.15) is 23.2 Å². The molecule has 0 saturated carbocycles. The molecule has 0 radical (unpaired) electrons. The fraction of sp³-hybridized carbons (Fsp3) is 0.231. The number of rotatable bonds is 4. The van der Waals surface area contributed by atoms with E-state index >= 15 is 0 Å². The van der Waals surface area contributed by atoms with Gasteiger partial charge in [0.1, 0.15) is 0 Å². The molecule has 0 saturated heterocycles. The topological polar surface area (TPSA) is 43.4 Å². The molecule has 0 N–H and O–H groups in total. The van der Waals surface area contributed by atoms with Crippen molar-refractivity contribution in [1.29, 1.82) is 0 Å². The zero-order valence-electron chi connectivity index (χ0n) is 9.11. The van der Waals surface area contributed by atoms with E-state index in [2.05, 4.69) is 0 Å². The van der Waals surface area contributed by atoms with Crippen molar-refractivity contribution < 1.29 is 14.3 Å². The molecule has 0 spiro atoms. The summed E-state index contributed by atoms with van der Waals surface area (Å²) in [7, 11) is 0. The fourth-order valence-corrected chi connectivity index (χ4v) is 1.72. The van der Waals surface area contributed by atoms with E-state index in [0.717, 1.165) is 0 Å². The fourth-order valence-electron chi connectivity index (χ4n) is 1.59. The highest BCUT2D eigenvalue weighted by molar-refractivity contribution is 6.30. The SMILES string of the molecule is O=C(CC(=O)c1ccc(Cl)cc1)C1=COCC1. The monoisotopic (exact) mass is 250 g/mol. The van der Waals surface area contributed by atoms with Gasteiger partial charge in [0, 0.05) is 22.6 Å². The number of benzene rings is 1. The molecule has 2 rings (SSSR count). The zero-order valence-corrected chi connectivity index (χ0v) is 9.87. The lowest BCUT2D eigenvalue weighted by Crippen LogP contribution is -2.09. The Morgan fingerprint density at radius 3 is 2.47 bits per heavy atom. The van der Waals surface area contributed by atoms with Crippen LogP contribution in [0.2, 0.25) is 5.02 Å². The number of ketones is 2. The molecule has 1 aromatic carbocycles. The molecular formula is C13H11ClO3. The van der Waals surface area contributed by atoms with Gasteiger partial charge in [0.05, 0.1) is 19.3 Å². The van der Waals surface area contributed by atoms with Gasteiger partial charge >= 0.3 is 0 Å². The Balaban J connectivity index is 2.01. The maximum absolute atomic E-state index is 11.8. The Morgan fingerprint density at radius 2 is 1.88 bits per heavy atom. The van der Waals surface area contributed by atoms with Crippen molar-refractivity contribution in [2.45, 2.75) is 12.8 Å². The number of hydrogen-bond donors (Lipinski definition) is 0. The Kier molecular flexibility index (Phi) is 3.59. The van der Waals surface area contributed by atoms with Crippen molar-refractivity contribution in [2.75, 3.05) is 6.61 Å². The first kappa shape index (κ1) is 11.9. The second kappa shape index (κ2) is 5.15. The van der Waals surface area contributed by atoms with Crippen molar-refractivity contribution in [2.24, 2.45) is 0 Å². The van der Waals surface area contributed by atoms with Crippen LogP contribution >= 0.6 is 11.6 Å². The lowest BCUT2D eigenvalue weighted by Gasteiger charge is -2.00. The summed E-state index contributed by atoms with van der Waals surface area (Å²) in [6.45, 7) is 0.524. The minimum atomic E-state index is -0.195. The standard InChI is InChI=1S/C13H11ClO3/c14-11-3-1-9(2-4-11)12(15)7-13(16)10-5-6-17-8-10/h1-4,8H,5-7H2. The molecule has 1 aliphatic rings. The van der Waals surface area contributed by atoms with Gasteiger partial charge in [-0.2, -0.15) is 0 Å². The van der Waals surface area contributed by atoms with Gasteiger partial charge in [-0.1, -0.05) is 11.6 Å². The summed E-state index contributed by atoms with van der Waals surface area (Å²) in [4.78, 5) is 23.5. The first-order valence-electron chi connectivity index (χ1n) is 5.29. The van der Waals surface area contributed by atoms with Crippen LogP contribution in [0, 0.1) is 0 Å². The summed E-state index contributed by atoms with van der Waals surface area (Å²) in [5.41, 5.74) is 1.09. The number of hydrogen-bond acceptors (Lipinski definition) is 3. The third-order valence-corrected chi connectivity index (χ3v) is 2.81. The van der Waals surface area contributed by atoms with E-state index < -0.39 is 0 Å². The molecule has 1 aliphatic heterocycles. The molecule has 88 valence electrons. The molecule has 0 aromatic heterocycles. The van der Waals surface area contributed by atoms with Crippen LogP contribution in [-0.4, -0.2) is 18.2 Å². The second-order valence-corrected chi connectivity index (χ2v) is 4.23. The molecular weight excluding hydrogens is 240 g/mol. The van der Waals surface area contributed by atoms with Crippen LogP contribution in [0.25, 0.3) is 0 Å². The van der Waals surface area contributed by atoms with Crippen molar-refractivity contribution >= 4 is 23.2 Å². The normalized spacial score (nSPS) is 14.1. The van der Waals surface area contributed by atoms with E-state index in [9.17, 15) is 9.59 Å². The molecule has 0 bridgehead atoms. The summed E-state index contributed by atoms with van der Waals surface area (Å²) < 4.78 is 4.97. The number of ether oxygens (including phenoxy) is 1. The Hall–Kier alpha value is -1.61. The van der Waals surface area contributed by atoms with Crippen molar-refractivity contribution in [3.63, 3.8) is 0 Å². The highest BCUT2D eigenvalue weighted by Crippen LogP contribution is 2.16. The van der Waals surface area contributed by atoms with Gasteiger partial charge in [0.25, 0.3) is 0 Å². The minimum Gasteiger partial charge on any atom is -0.500 e. The van der Waals surface area contributed by atoms with E-state index in [4.69, 9.17) is 16.3 Å². The first-order valence-corrected chi connectivity index (χ1v) is 5.67. The molecule has 0 amide bonds. The van der Waals surface area contributed by atoms with Gasteiger partial charge in [-0.05, 0) is 24.3 Å². The van der Waals surface area contributed by atoms with E-state index in [-0.39, 0.29) is 18.0 Å². The Morgan fingerprint density at radius 1 is 1.18 bits per heavy atom. The third kappa shape index (κ3) is 2.94. The molecule has 3 nitrogen and oxygen atoms in total. The molecule has 0 unspecified atom stereocenters. The van der Waals surface area contributed by atoms with E-state index in [1.54, 1.807) is 24.3 Å². The molecule has 4 heteroatoms. The summed E-state index contributed by atoms with van der Waals surface area (Å²) in [6.07, 6.45) is 1.92. The van der Waals surface area contributed by atoms with Crippen LogP contribution in [0.15, 0.2) is 36.1 Å². The van der Waals surface area contributed by atoms with E-state index in [0.29, 0.717) is 29.2 Å².